The molecule has 166 valence electrons. The van der Waals surface area contributed by atoms with Crippen LogP contribution in [0.2, 0.25) is 10.0 Å². The molecular formula is C16H21Cl2N5O5S2. The molecule has 2 rings (SSSR count). The van der Waals surface area contributed by atoms with Crippen molar-refractivity contribution in [1.29, 1.82) is 0 Å². The van der Waals surface area contributed by atoms with E-state index >= 15 is 0 Å². The van der Waals surface area contributed by atoms with E-state index in [1.54, 1.807) is 7.05 Å². The number of rotatable bonds is 11. The average molecular weight is 498 g/mol. The molecule has 0 aliphatic carbocycles. The predicted molar refractivity (Wildman–Crippen MR) is 112 cm³/mol. The second-order valence-electron chi connectivity index (χ2n) is 6.23. The van der Waals surface area contributed by atoms with Gasteiger partial charge in [0.2, 0.25) is 15.9 Å². The number of unbranched alkanes of at least 4 members (excludes halogenated alkanes) is 1. The second kappa shape index (κ2) is 10.6. The van der Waals surface area contributed by atoms with Gasteiger partial charge in [-0.3, -0.25) is 4.79 Å². The molecule has 1 amide bonds. The first-order valence-electron chi connectivity index (χ1n) is 8.70. The van der Waals surface area contributed by atoms with Crippen molar-refractivity contribution < 1.29 is 21.6 Å². The van der Waals surface area contributed by atoms with Gasteiger partial charge in [0.1, 0.15) is 4.90 Å². The van der Waals surface area contributed by atoms with E-state index < -0.39 is 32.5 Å². The smallest absolute Gasteiger partial charge is 0.260 e. The summed E-state index contributed by atoms with van der Waals surface area (Å²) >= 11 is 11.7. The summed E-state index contributed by atoms with van der Waals surface area (Å²) in [6.45, 7) is -0.0301. The fourth-order valence-electron chi connectivity index (χ4n) is 2.28. The quantitative estimate of drug-likeness (QED) is 0.393. The zero-order valence-corrected chi connectivity index (χ0v) is 19.1. The van der Waals surface area contributed by atoms with E-state index in [1.165, 1.54) is 35.3 Å². The maximum atomic E-state index is 12.2. The number of amides is 1. The Labute approximate surface area is 185 Å². The van der Waals surface area contributed by atoms with Crippen molar-refractivity contribution in [3.05, 3.63) is 40.8 Å². The van der Waals surface area contributed by atoms with Gasteiger partial charge in [-0.25, -0.2) is 31.3 Å². The lowest BCUT2D eigenvalue weighted by atomic mass is 10.3. The maximum absolute atomic E-state index is 12.2. The van der Waals surface area contributed by atoms with Gasteiger partial charge < -0.3 is 9.88 Å². The normalized spacial score (nSPS) is 12.1. The molecule has 10 nitrogen and oxygen atoms in total. The van der Waals surface area contributed by atoms with Crippen LogP contribution in [0, 0.1) is 0 Å². The maximum Gasteiger partial charge on any atom is 0.260 e. The fraction of sp³-hybridized carbons (Fsp3) is 0.375. The summed E-state index contributed by atoms with van der Waals surface area (Å²) in [7, 11) is -6.01. The highest BCUT2D eigenvalue weighted by molar-refractivity contribution is 7.89. The van der Waals surface area contributed by atoms with Gasteiger partial charge in [-0.05, 0) is 31.0 Å². The minimum atomic E-state index is -3.86. The number of aryl methyl sites for hydroxylation is 1. The SMILES string of the molecule is Cn1cnc(S(=O)(=O)NCC(=O)NCCCCNS(=O)(=O)c2ccc(Cl)cc2Cl)c1. The highest BCUT2D eigenvalue weighted by Crippen LogP contribution is 2.24. The Morgan fingerprint density at radius 2 is 1.77 bits per heavy atom. The molecule has 1 aromatic heterocycles. The van der Waals surface area contributed by atoms with Crippen molar-refractivity contribution >= 4 is 49.2 Å². The number of sulfonamides is 2. The van der Waals surface area contributed by atoms with Crippen molar-refractivity contribution in [1.82, 2.24) is 24.3 Å². The van der Waals surface area contributed by atoms with Crippen LogP contribution < -0.4 is 14.8 Å². The second-order valence-corrected chi connectivity index (χ2v) is 10.5. The topological polar surface area (TPSA) is 139 Å². The molecule has 0 unspecified atom stereocenters. The summed E-state index contributed by atoms with van der Waals surface area (Å²) in [5.74, 6) is -0.511. The van der Waals surface area contributed by atoms with Gasteiger partial charge in [0.05, 0.1) is 17.9 Å². The number of nitrogens with one attached hydrogen (secondary N) is 3. The number of nitrogens with zero attached hydrogens (tertiary/aromatic N) is 2. The van der Waals surface area contributed by atoms with E-state index in [0.717, 1.165) is 0 Å². The van der Waals surface area contributed by atoms with Gasteiger partial charge in [0.15, 0.2) is 5.03 Å². The Morgan fingerprint density at radius 1 is 1.07 bits per heavy atom. The summed E-state index contributed by atoms with van der Waals surface area (Å²) < 4.78 is 54.4. The molecule has 1 heterocycles. The van der Waals surface area contributed by atoms with E-state index in [-0.39, 0.29) is 28.0 Å². The number of imidazole rings is 1. The minimum absolute atomic E-state index is 0.0235. The average Bonchev–Trinajstić information content (AvgIpc) is 3.10. The Balaban J connectivity index is 1.67. The van der Waals surface area contributed by atoms with Crippen LogP contribution in [0.25, 0.3) is 0 Å². The molecule has 30 heavy (non-hydrogen) atoms. The molecule has 0 radical (unpaired) electrons. The molecule has 0 saturated carbocycles. The zero-order valence-electron chi connectivity index (χ0n) is 15.9. The molecule has 1 aromatic carbocycles. The van der Waals surface area contributed by atoms with Gasteiger partial charge in [-0.1, -0.05) is 23.2 Å². The molecule has 3 N–H and O–H groups in total. The third-order valence-corrected chi connectivity index (χ3v) is 7.25. The van der Waals surface area contributed by atoms with Crippen LogP contribution in [0.4, 0.5) is 0 Å². The largest absolute Gasteiger partial charge is 0.355 e. The van der Waals surface area contributed by atoms with Gasteiger partial charge in [0.25, 0.3) is 10.0 Å². The predicted octanol–water partition coefficient (Wildman–Crippen LogP) is 0.880. The molecule has 2 aromatic rings. The Morgan fingerprint density at radius 3 is 2.40 bits per heavy atom. The first-order chi connectivity index (χ1) is 14.0. The molecule has 0 saturated heterocycles. The molecule has 0 atom stereocenters. The van der Waals surface area contributed by atoms with Crippen molar-refractivity contribution in [2.45, 2.75) is 22.8 Å². The van der Waals surface area contributed by atoms with Crippen molar-refractivity contribution in [3.8, 4) is 0 Å². The molecule has 0 aliphatic heterocycles. The first-order valence-corrected chi connectivity index (χ1v) is 12.4. The lowest BCUT2D eigenvalue weighted by Gasteiger charge is -2.09. The monoisotopic (exact) mass is 497 g/mol. The van der Waals surface area contributed by atoms with Crippen molar-refractivity contribution in [3.63, 3.8) is 0 Å². The number of carbonyl (C=O) groups is 1. The van der Waals surface area contributed by atoms with E-state index in [4.69, 9.17) is 23.2 Å². The van der Waals surface area contributed by atoms with Crippen molar-refractivity contribution in [2.24, 2.45) is 7.05 Å². The lowest BCUT2D eigenvalue weighted by molar-refractivity contribution is -0.119. The summed E-state index contributed by atoms with van der Waals surface area (Å²) in [4.78, 5) is 15.4. The highest BCUT2D eigenvalue weighted by Gasteiger charge is 2.18. The standard InChI is InChI=1S/C16H21Cl2N5O5S2/c1-23-10-16(20-11-23)30(27,28)22-9-15(24)19-6-2-3-7-21-29(25,26)14-5-4-12(17)8-13(14)18/h4-5,8,10-11,21-22H,2-3,6-7,9H2,1H3,(H,19,24). The van der Waals surface area contributed by atoms with Gasteiger partial charge >= 0.3 is 0 Å². The summed E-state index contributed by atoms with van der Waals surface area (Å²) in [5.41, 5.74) is 0. The van der Waals surface area contributed by atoms with E-state index in [9.17, 15) is 21.6 Å². The van der Waals surface area contributed by atoms with Gasteiger partial charge in [-0.2, -0.15) is 0 Å². The molecule has 0 bridgehead atoms. The van der Waals surface area contributed by atoms with Crippen LogP contribution in [0.15, 0.2) is 40.6 Å². The molecular weight excluding hydrogens is 477 g/mol. The first kappa shape index (κ1) is 24.6. The van der Waals surface area contributed by atoms with Crippen LogP contribution in [0.5, 0.6) is 0 Å². The van der Waals surface area contributed by atoms with Crippen LogP contribution >= 0.6 is 23.2 Å². The van der Waals surface area contributed by atoms with Gasteiger partial charge in [0, 0.05) is 31.4 Å². The number of hydrogen-bond donors (Lipinski definition) is 3. The number of aromatic nitrogens is 2. The minimum Gasteiger partial charge on any atom is -0.355 e. The van der Waals surface area contributed by atoms with Crippen LogP contribution in [0.1, 0.15) is 12.8 Å². The lowest BCUT2D eigenvalue weighted by Crippen LogP contribution is -2.37. The van der Waals surface area contributed by atoms with Gasteiger partial charge in [-0.15, -0.1) is 0 Å². The summed E-state index contributed by atoms with van der Waals surface area (Å²) in [6.07, 6.45) is 3.59. The Bertz CT molecular complexity index is 1100. The molecule has 0 spiro atoms. The van der Waals surface area contributed by atoms with Crippen LogP contribution in [-0.2, 0) is 31.9 Å². The van der Waals surface area contributed by atoms with Crippen LogP contribution in [-0.4, -0.2) is 51.9 Å². The van der Waals surface area contributed by atoms with Crippen molar-refractivity contribution in [2.75, 3.05) is 19.6 Å². The number of carbonyl (C=O) groups excluding carboxylic acids is 1. The van der Waals surface area contributed by atoms with E-state index in [2.05, 4.69) is 19.7 Å². The third-order valence-electron chi connectivity index (χ3n) is 3.78. The number of benzene rings is 1. The third kappa shape index (κ3) is 7.22. The van der Waals surface area contributed by atoms with E-state index in [1.807, 2.05) is 0 Å². The Hall–Kier alpha value is -1.70. The fourth-order valence-corrected chi connectivity index (χ4v) is 5.08. The molecule has 14 heteroatoms. The summed E-state index contributed by atoms with van der Waals surface area (Å²) in [5, 5.41) is 2.73. The number of halogens is 2. The molecule has 0 fully saturated rings. The Kier molecular flexibility index (Phi) is 8.64. The molecule has 0 aliphatic rings. The van der Waals surface area contributed by atoms with E-state index in [0.29, 0.717) is 17.9 Å². The highest BCUT2D eigenvalue weighted by atomic mass is 35.5. The zero-order chi connectivity index (χ0) is 22.4. The number of hydrogen-bond acceptors (Lipinski definition) is 6. The van der Waals surface area contributed by atoms with Crippen LogP contribution in [0.3, 0.4) is 0 Å². The summed E-state index contributed by atoms with van der Waals surface area (Å²) in [6, 6.07) is 4.09.